The third-order valence-corrected chi connectivity index (χ3v) is 14.3. The van der Waals surface area contributed by atoms with Gasteiger partial charge < -0.3 is 44.8 Å². The highest BCUT2D eigenvalue weighted by atomic mass is 16.5. The fourth-order valence-corrected chi connectivity index (χ4v) is 10.4. The molecule has 3 aromatic carbocycles. The predicted molar refractivity (Wildman–Crippen MR) is 266 cm³/mol. The van der Waals surface area contributed by atoms with Crippen LogP contribution >= 0.6 is 0 Å². The molecule has 8 rings (SSSR count). The summed E-state index contributed by atoms with van der Waals surface area (Å²) in [5.74, 6) is 1.01. The quantitative estimate of drug-likeness (QED) is 0.0895. The second-order valence-corrected chi connectivity index (χ2v) is 20.5. The van der Waals surface area contributed by atoms with Crippen LogP contribution < -0.4 is 15.5 Å². The molecule has 0 aliphatic carbocycles. The first-order chi connectivity index (χ1) is 33.1. The van der Waals surface area contributed by atoms with Gasteiger partial charge in [-0.05, 0) is 84.6 Å². The van der Waals surface area contributed by atoms with E-state index >= 15 is 0 Å². The van der Waals surface area contributed by atoms with Gasteiger partial charge in [0.2, 0.25) is 11.8 Å². The number of anilines is 1. The van der Waals surface area contributed by atoms with Crippen molar-refractivity contribution in [3.05, 3.63) is 113 Å². The molecule has 0 bridgehead atoms. The van der Waals surface area contributed by atoms with Gasteiger partial charge in [-0.2, -0.15) is 0 Å². The minimum absolute atomic E-state index is 0.0268. The molecule has 366 valence electrons. The molecule has 2 aromatic heterocycles. The van der Waals surface area contributed by atoms with Gasteiger partial charge in [-0.3, -0.25) is 9.59 Å². The lowest BCUT2D eigenvalue weighted by molar-refractivity contribution is -0.136. The minimum Gasteiger partial charge on any atom is -0.453 e. The topological polar surface area (TPSA) is 178 Å². The normalized spacial score (nSPS) is 20.4. The maximum absolute atomic E-state index is 13.8. The number of likely N-dealkylation sites (tertiary alicyclic amines) is 2. The molecule has 5 heterocycles. The summed E-state index contributed by atoms with van der Waals surface area (Å²) in [5, 5.41) is 5.46. The number of aromatic amines is 2. The van der Waals surface area contributed by atoms with Crippen molar-refractivity contribution in [3.8, 4) is 22.8 Å². The second-order valence-electron chi connectivity index (χ2n) is 20.5. The summed E-state index contributed by atoms with van der Waals surface area (Å²) in [7, 11) is 2.60. The highest BCUT2D eigenvalue weighted by Crippen LogP contribution is 2.48. The smallest absolute Gasteiger partial charge is 0.407 e. The van der Waals surface area contributed by atoms with Crippen LogP contribution in [0.2, 0.25) is 0 Å². The fourth-order valence-electron chi connectivity index (χ4n) is 10.4. The van der Waals surface area contributed by atoms with Gasteiger partial charge in [-0.1, -0.05) is 109 Å². The summed E-state index contributed by atoms with van der Waals surface area (Å²) in [4.78, 5) is 74.8. The number of rotatable bonds is 13. The van der Waals surface area contributed by atoms with Crippen molar-refractivity contribution in [2.24, 2.45) is 11.8 Å². The number of hydrogen-bond acceptors (Lipinski definition) is 9. The van der Waals surface area contributed by atoms with Crippen molar-refractivity contribution in [3.63, 3.8) is 0 Å². The molecule has 5 aromatic rings. The Kier molecular flexibility index (Phi) is 14.5. The van der Waals surface area contributed by atoms with E-state index in [2.05, 4.69) is 119 Å². The van der Waals surface area contributed by atoms with E-state index in [1.54, 1.807) is 0 Å². The Morgan fingerprint density at radius 2 is 1.00 bits per heavy atom. The molecule has 69 heavy (non-hydrogen) atoms. The van der Waals surface area contributed by atoms with Crippen LogP contribution in [-0.2, 0) is 24.5 Å². The summed E-state index contributed by atoms with van der Waals surface area (Å²) in [6, 6.07) is 24.9. The summed E-state index contributed by atoms with van der Waals surface area (Å²) < 4.78 is 9.62. The maximum atomic E-state index is 13.8. The zero-order valence-corrected chi connectivity index (χ0v) is 41.5. The number of H-pyrrole nitrogens is 2. The molecular weight excluding hydrogens is 871 g/mol. The fraction of sp³-hybridized carbons (Fsp3) is 0.481. The molecular formula is C54H69N9O6. The van der Waals surface area contributed by atoms with Crippen molar-refractivity contribution in [2.75, 3.05) is 32.2 Å². The van der Waals surface area contributed by atoms with Crippen LogP contribution in [0.1, 0.15) is 139 Å². The Morgan fingerprint density at radius 1 is 0.594 bits per heavy atom. The lowest BCUT2D eigenvalue weighted by Crippen LogP contribution is -2.51. The van der Waals surface area contributed by atoms with Crippen molar-refractivity contribution in [2.45, 2.75) is 129 Å². The largest absolute Gasteiger partial charge is 0.453 e. The number of carbonyl (C=O) groups is 4. The van der Waals surface area contributed by atoms with Crippen molar-refractivity contribution in [1.82, 2.24) is 40.4 Å². The molecule has 3 saturated heterocycles. The van der Waals surface area contributed by atoms with Gasteiger partial charge in [-0.25, -0.2) is 19.6 Å². The van der Waals surface area contributed by atoms with E-state index in [9.17, 15) is 19.2 Å². The van der Waals surface area contributed by atoms with Crippen molar-refractivity contribution < 1.29 is 28.7 Å². The SMILES string of the molecule is COC(=O)N[C@H](C(=O)N1CCC[C@H]1c1c[nH]c(-c2ccc(C3CCC(c4ccc(-c5nc([C@@H]6CCCN6C(=O)[C@@H](NC(=O)OC)C(C)C)c[nH]5)cc4)N3c3ccc(C(C)(C)C)cc3)cc2)n1)C(C)C. The van der Waals surface area contributed by atoms with E-state index < -0.39 is 24.3 Å². The Labute approximate surface area is 406 Å². The highest BCUT2D eigenvalue weighted by Gasteiger charge is 2.40. The molecule has 3 aliphatic heterocycles. The molecule has 15 heteroatoms. The molecule has 4 N–H and O–H groups in total. The Bertz CT molecular complexity index is 2430. The summed E-state index contributed by atoms with van der Waals surface area (Å²) in [6.07, 6.45) is 7.80. The Morgan fingerprint density at radius 3 is 1.36 bits per heavy atom. The van der Waals surface area contributed by atoms with E-state index in [4.69, 9.17) is 19.4 Å². The second kappa shape index (κ2) is 20.5. The van der Waals surface area contributed by atoms with E-state index in [-0.39, 0.29) is 53.2 Å². The first kappa shape index (κ1) is 48.8. The predicted octanol–water partition coefficient (Wildman–Crippen LogP) is 9.94. The molecule has 0 saturated carbocycles. The van der Waals surface area contributed by atoms with E-state index in [0.717, 1.165) is 72.7 Å². The van der Waals surface area contributed by atoms with E-state index in [1.807, 2.05) is 49.9 Å². The third kappa shape index (κ3) is 10.4. The molecule has 4 amide bonds. The first-order valence-corrected chi connectivity index (χ1v) is 24.6. The van der Waals surface area contributed by atoms with Gasteiger partial charge in [0.1, 0.15) is 23.7 Å². The van der Waals surface area contributed by atoms with Gasteiger partial charge in [0, 0.05) is 42.3 Å². The van der Waals surface area contributed by atoms with Crippen LogP contribution in [0.15, 0.2) is 85.2 Å². The number of alkyl carbamates (subject to hydrolysis) is 2. The van der Waals surface area contributed by atoms with Crippen LogP contribution in [-0.4, -0.2) is 93.1 Å². The van der Waals surface area contributed by atoms with Gasteiger partial charge in [0.05, 0.1) is 49.8 Å². The Hall–Kier alpha value is -6.64. The number of nitrogens with one attached hydrogen (secondary N) is 4. The molecule has 0 radical (unpaired) electrons. The number of ether oxygens (including phenoxy) is 2. The van der Waals surface area contributed by atoms with Crippen molar-refractivity contribution >= 4 is 29.7 Å². The zero-order chi connectivity index (χ0) is 49.1. The first-order valence-electron chi connectivity index (χ1n) is 24.6. The number of aromatic nitrogens is 4. The molecule has 0 spiro atoms. The lowest BCUT2D eigenvalue weighted by atomic mass is 9.87. The minimum atomic E-state index is -0.691. The average molecular weight is 940 g/mol. The van der Waals surface area contributed by atoms with Gasteiger partial charge in [0.25, 0.3) is 0 Å². The van der Waals surface area contributed by atoms with Crippen LogP contribution in [0.25, 0.3) is 22.8 Å². The standard InChI is InChI=1S/C54H69N9O6/c1-32(2)46(59-52(66)68-8)50(64)61-28-10-12-44(61)40-30-55-48(57-40)36-18-14-34(15-19-36)42-26-27-43(63(42)39-24-22-38(23-25-39)54(5,6)7)35-16-20-37(21-17-35)49-56-31-41(58-49)45-13-11-29-62(45)51(65)47(33(3)4)60-53(67)69-9/h14-25,30-33,42-47H,10-13,26-29H2,1-9H3,(H,55,57)(H,56,58)(H,59,66)(H,60,67)/t42?,43?,44-,45-,46-,47-/m0/s1. The Balaban J connectivity index is 1.00. The van der Waals surface area contributed by atoms with Crippen molar-refractivity contribution in [1.29, 1.82) is 0 Å². The van der Waals surface area contributed by atoms with Gasteiger partial charge in [0.15, 0.2) is 0 Å². The number of nitrogens with zero attached hydrogens (tertiary/aromatic N) is 5. The van der Waals surface area contributed by atoms with Crippen LogP contribution in [0.3, 0.4) is 0 Å². The van der Waals surface area contributed by atoms with Gasteiger partial charge >= 0.3 is 12.2 Å². The molecule has 6 atom stereocenters. The molecule has 15 nitrogen and oxygen atoms in total. The van der Waals surface area contributed by atoms with Crippen LogP contribution in [0.4, 0.5) is 15.3 Å². The average Bonchev–Trinajstić information content (AvgIpc) is 4.21. The summed E-state index contributed by atoms with van der Waals surface area (Å²) in [6.45, 7) is 15.6. The lowest BCUT2D eigenvalue weighted by Gasteiger charge is -2.34. The number of benzene rings is 3. The summed E-state index contributed by atoms with van der Waals surface area (Å²) >= 11 is 0. The number of carbonyl (C=O) groups excluding carboxylic acids is 4. The number of imidazole rings is 2. The van der Waals surface area contributed by atoms with Gasteiger partial charge in [-0.15, -0.1) is 0 Å². The summed E-state index contributed by atoms with van der Waals surface area (Å²) in [5.41, 5.74) is 8.46. The van der Waals surface area contributed by atoms with Crippen LogP contribution in [0.5, 0.6) is 0 Å². The third-order valence-electron chi connectivity index (χ3n) is 14.3. The zero-order valence-electron chi connectivity index (χ0n) is 41.5. The highest BCUT2D eigenvalue weighted by molar-refractivity contribution is 5.87. The molecule has 3 fully saturated rings. The number of amides is 4. The molecule has 3 aliphatic rings. The molecule has 2 unspecified atom stereocenters. The van der Waals surface area contributed by atoms with Crippen LogP contribution in [0, 0.1) is 11.8 Å². The monoisotopic (exact) mass is 940 g/mol. The number of hydrogen-bond donors (Lipinski definition) is 4. The number of methoxy groups -OCH3 is 2. The maximum Gasteiger partial charge on any atom is 0.407 e. The van der Waals surface area contributed by atoms with E-state index in [0.29, 0.717) is 13.1 Å². The van der Waals surface area contributed by atoms with E-state index in [1.165, 1.54) is 36.6 Å².